The van der Waals surface area contributed by atoms with Crippen LogP contribution < -0.4 is 20.6 Å². The van der Waals surface area contributed by atoms with Gasteiger partial charge in [0, 0.05) is 70.0 Å². The van der Waals surface area contributed by atoms with E-state index in [1.807, 2.05) is 23.5 Å². The van der Waals surface area contributed by atoms with Crippen molar-refractivity contribution in [1.82, 2.24) is 4.57 Å². The van der Waals surface area contributed by atoms with Crippen LogP contribution in [0.4, 0.5) is 28.4 Å². The Kier molecular flexibility index (Phi) is 8.39. The van der Waals surface area contributed by atoms with Crippen molar-refractivity contribution in [3.05, 3.63) is 193 Å². The number of benzene rings is 9. The number of hydrogen-bond donors (Lipinski definition) is 0. The Balaban J connectivity index is 1.14. The topological polar surface area (TPSA) is 11.4 Å². The molecule has 0 spiro atoms. The lowest BCUT2D eigenvalue weighted by Crippen LogP contribution is -2.60. The van der Waals surface area contributed by atoms with Gasteiger partial charge in [0.25, 0.3) is 0 Å². The number of hydrogen-bond acceptors (Lipinski definition) is 4. The summed E-state index contributed by atoms with van der Waals surface area (Å²) in [4.78, 5) is 10.5. The Labute approximate surface area is 401 Å². The Morgan fingerprint density at radius 1 is 0.493 bits per heavy atom. The van der Waals surface area contributed by atoms with E-state index in [4.69, 9.17) is 0 Å². The van der Waals surface area contributed by atoms with E-state index in [0.29, 0.717) is 0 Å². The lowest BCUT2D eigenvalue weighted by Gasteiger charge is -2.46. The predicted molar refractivity (Wildman–Crippen MR) is 287 cm³/mol. The van der Waals surface area contributed by atoms with Crippen LogP contribution >= 0.6 is 23.5 Å². The summed E-state index contributed by atoms with van der Waals surface area (Å²) in [5, 5.41) is 5.10. The molecule has 9 aromatic carbocycles. The first-order valence-corrected chi connectivity index (χ1v) is 25.4. The third kappa shape index (κ3) is 5.76. The molecule has 0 unspecified atom stereocenters. The SMILES string of the molecule is Cc1cc2c(cc1N1B3c4c(cc(N(c5ccccc5)c5ccccc5)cc4-n4c5cc6ccccc6cc5c5cccc3c54)-c3cc4c(cc31)Sc1ccccc1S4)C(C)(C)CCC2(C)C. The average molecular weight is 898 g/mol. The van der Waals surface area contributed by atoms with Crippen LogP contribution in [-0.4, -0.2) is 11.4 Å². The summed E-state index contributed by atoms with van der Waals surface area (Å²) in [6.45, 7) is 12.1. The molecule has 322 valence electrons. The van der Waals surface area contributed by atoms with Gasteiger partial charge in [-0.15, -0.1) is 0 Å². The molecular weight excluding hydrogens is 850 g/mol. The van der Waals surface area contributed by atoms with Gasteiger partial charge in [-0.25, -0.2) is 0 Å². The number of aryl methyl sites for hydroxylation is 1. The van der Waals surface area contributed by atoms with Gasteiger partial charge in [-0.2, -0.15) is 0 Å². The maximum absolute atomic E-state index is 2.78. The molecule has 0 fully saturated rings. The molecule has 10 aromatic rings. The van der Waals surface area contributed by atoms with Crippen LogP contribution in [-0.2, 0) is 10.8 Å². The van der Waals surface area contributed by atoms with Crippen molar-refractivity contribution in [2.45, 2.75) is 77.9 Å². The Bertz CT molecular complexity index is 3700. The second kappa shape index (κ2) is 14.2. The van der Waals surface area contributed by atoms with Crippen molar-refractivity contribution < 1.29 is 0 Å². The van der Waals surface area contributed by atoms with Gasteiger partial charge in [0.05, 0.1) is 11.0 Å². The van der Waals surface area contributed by atoms with Crippen molar-refractivity contribution in [3.63, 3.8) is 0 Å². The van der Waals surface area contributed by atoms with Crippen LogP contribution in [0.3, 0.4) is 0 Å². The molecule has 4 heterocycles. The van der Waals surface area contributed by atoms with Crippen LogP contribution in [0.1, 0.15) is 57.2 Å². The van der Waals surface area contributed by atoms with Crippen molar-refractivity contribution in [2.75, 3.05) is 9.71 Å². The first-order chi connectivity index (χ1) is 32.6. The zero-order valence-electron chi connectivity index (χ0n) is 38.4. The average Bonchev–Trinajstić information content (AvgIpc) is 3.67. The molecule has 1 aliphatic carbocycles. The zero-order valence-corrected chi connectivity index (χ0v) is 40.0. The summed E-state index contributed by atoms with van der Waals surface area (Å²) in [6, 6.07) is 66.9. The summed E-state index contributed by atoms with van der Waals surface area (Å²) in [6.07, 6.45) is 2.35. The van der Waals surface area contributed by atoms with E-state index in [-0.39, 0.29) is 17.7 Å². The van der Waals surface area contributed by atoms with Gasteiger partial charge >= 0.3 is 6.85 Å². The number of fused-ring (bicyclic) bond motifs is 11. The molecule has 3 aliphatic heterocycles. The van der Waals surface area contributed by atoms with Gasteiger partial charge < -0.3 is 14.3 Å². The molecule has 0 bridgehead atoms. The number of aromatic nitrogens is 1. The second-order valence-electron chi connectivity index (χ2n) is 20.4. The van der Waals surface area contributed by atoms with Gasteiger partial charge in [-0.3, -0.25) is 0 Å². The quantitative estimate of drug-likeness (QED) is 0.163. The molecule has 0 amide bonds. The number of anilines is 5. The maximum Gasteiger partial charge on any atom is 0.333 e. The highest BCUT2D eigenvalue weighted by Crippen LogP contribution is 2.56. The highest BCUT2D eigenvalue weighted by molar-refractivity contribution is 8.05. The lowest BCUT2D eigenvalue weighted by atomic mass is 9.44. The highest BCUT2D eigenvalue weighted by Gasteiger charge is 2.46. The first-order valence-electron chi connectivity index (χ1n) is 23.7. The number of nitrogens with zero attached hydrogens (tertiary/aromatic N) is 3. The second-order valence-corrected chi connectivity index (χ2v) is 22.6. The smallest absolute Gasteiger partial charge is 0.333 e. The summed E-state index contributed by atoms with van der Waals surface area (Å²) in [5.41, 5.74) is 19.5. The van der Waals surface area contributed by atoms with Crippen LogP contribution in [0.5, 0.6) is 0 Å². The van der Waals surface area contributed by atoms with Gasteiger partial charge in [0.15, 0.2) is 0 Å². The molecule has 0 saturated heterocycles. The molecule has 3 nitrogen and oxygen atoms in total. The van der Waals surface area contributed by atoms with Gasteiger partial charge in [0.1, 0.15) is 0 Å². The fourth-order valence-electron chi connectivity index (χ4n) is 12.1. The van der Waals surface area contributed by atoms with Crippen LogP contribution in [0.2, 0.25) is 0 Å². The monoisotopic (exact) mass is 897 g/mol. The van der Waals surface area contributed by atoms with E-state index in [9.17, 15) is 0 Å². The molecule has 1 aromatic heterocycles. The van der Waals surface area contributed by atoms with E-state index < -0.39 is 0 Å². The van der Waals surface area contributed by atoms with Gasteiger partial charge in [0.2, 0.25) is 0 Å². The van der Waals surface area contributed by atoms with E-state index in [1.54, 1.807) is 0 Å². The fraction of sp³-hybridized carbons (Fsp3) is 0.148. The summed E-state index contributed by atoms with van der Waals surface area (Å²) in [5.74, 6) is 0. The van der Waals surface area contributed by atoms with Crippen molar-refractivity contribution >= 4 is 102 Å². The highest BCUT2D eigenvalue weighted by atomic mass is 32.2. The molecule has 67 heavy (non-hydrogen) atoms. The minimum Gasteiger partial charge on any atom is -0.376 e. The van der Waals surface area contributed by atoms with Gasteiger partial charge in [-0.05, 0) is 153 Å². The van der Waals surface area contributed by atoms with Gasteiger partial charge in [-0.1, -0.05) is 148 Å². The Hall–Kier alpha value is -6.60. The minimum absolute atomic E-state index is 0.0509. The third-order valence-electron chi connectivity index (χ3n) is 15.5. The molecule has 14 rings (SSSR count). The third-order valence-corrected chi connectivity index (χ3v) is 18.0. The number of para-hydroxylation sites is 3. The number of rotatable bonds is 4. The summed E-state index contributed by atoms with van der Waals surface area (Å²) < 4.78 is 2.63. The fourth-order valence-corrected chi connectivity index (χ4v) is 14.3. The van der Waals surface area contributed by atoms with E-state index in [2.05, 4.69) is 225 Å². The van der Waals surface area contributed by atoms with Crippen molar-refractivity contribution in [3.8, 4) is 16.8 Å². The summed E-state index contributed by atoms with van der Waals surface area (Å²) >= 11 is 3.83. The predicted octanol–water partition coefficient (Wildman–Crippen LogP) is 15.9. The minimum atomic E-state index is -0.0913. The molecule has 0 saturated carbocycles. The lowest BCUT2D eigenvalue weighted by molar-refractivity contribution is 0.332. The normalized spacial score (nSPS) is 15.8. The Morgan fingerprint density at radius 3 is 1.79 bits per heavy atom. The Morgan fingerprint density at radius 2 is 1.10 bits per heavy atom. The van der Waals surface area contributed by atoms with Crippen molar-refractivity contribution in [1.29, 1.82) is 0 Å². The zero-order chi connectivity index (χ0) is 44.9. The van der Waals surface area contributed by atoms with E-state index in [1.165, 1.54) is 121 Å². The molecule has 0 radical (unpaired) electrons. The van der Waals surface area contributed by atoms with Crippen molar-refractivity contribution in [2.24, 2.45) is 0 Å². The summed E-state index contributed by atoms with van der Waals surface area (Å²) in [7, 11) is 0. The first kappa shape index (κ1) is 39.6. The van der Waals surface area contributed by atoms with E-state index in [0.717, 1.165) is 17.1 Å². The molecule has 6 heteroatoms. The van der Waals surface area contributed by atoms with Crippen LogP contribution in [0, 0.1) is 6.92 Å². The molecule has 0 N–H and O–H groups in total. The van der Waals surface area contributed by atoms with Crippen LogP contribution in [0.25, 0.3) is 49.4 Å². The standard InChI is InChI=1S/C61H48BN3S2/c1-37-29-47-48(61(4,5)28-27-60(47,2)3)35-50(37)65-52-36-57-56(66-54-25-14-15-26-55(54)67-57)34-45(52)46-32-42(63(40-19-8-6-9-20-40)41-21-10-7-11-22-41)33-53-58(46)62(65)49-24-16-23-43-44-30-38-17-12-13-18-39(38)31-51(44)64(53)59(43)49/h6-26,29-36H,27-28H2,1-5H3. The largest absolute Gasteiger partial charge is 0.376 e. The maximum atomic E-state index is 2.78. The molecule has 4 aliphatic rings. The van der Waals surface area contributed by atoms with Crippen LogP contribution in [0.15, 0.2) is 196 Å². The molecule has 0 atom stereocenters. The van der Waals surface area contributed by atoms with E-state index >= 15 is 0 Å². The molecular formula is C61H48BN3S2.